The van der Waals surface area contributed by atoms with Crippen LogP contribution in [0.3, 0.4) is 0 Å². The van der Waals surface area contributed by atoms with Crippen molar-refractivity contribution in [3.05, 3.63) is 127 Å². The third-order valence-electron chi connectivity index (χ3n) is 5.57. The predicted octanol–water partition coefficient (Wildman–Crippen LogP) is 6.82. The summed E-state index contributed by atoms with van der Waals surface area (Å²) in [7, 11) is -2.78. The van der Waals surface area contributed by atoms with Crippen LogP contribution in [-0.4, -0.2) is 6.29 Å². The van der Waals surface area contributed by atoms with Crippen LogP contribution < -0.4 is 10.2 Å². The van der Waals surface area contributed by atoms with Gasteiger partial charge in [0, 0.05) is 22.5 Å². The maximum absolute atomic E-state index is 14.4. The fourth-order valence-corrected chi connectivity index (χ4v) is 6.80. The van der Waals surface area contributed by atoms with E-state index in [0.717, 1.165) is 27.4 Å². The maximum atomic E-state index is 14.4. The van der Waals surface area contributed by atoms with E-state index in [2.05, 4.69) is 59.6 Å². The van der Waals surface area contributed by atoms with Gasteiger partial charge in [0.1, 0.15) is 0 Å². The molecule has 1 atom stereocenters. The Morgan fingerprint density at radius 3 is 1.70 bits per heavy atom. The first-order chi connectivity index (χ1) is 14.7. The van der Waals surface area contributed by atoms with E-state index in [0.29, 0.717) is 6.29 Å². The van der Waals surface area contributed by atoms with Crippen molar-refractivity contribution in [1.29, 1.82) is 0 Å². The molecule has 1 aliphatic heterocycles. The summed E-state index contributed by atoms with van der Waals surface area (Å²) in [5, 5.41) is 1.82. The molecule has 146 valence electrons. The monoisotopic (exact) mass is 407 g/mol. The van der Waals surface area contributed by atoms with Gasteiger partial charge in [-0.2, -0.15) is 0 Å². The first kappa shape index (κ1) is 18.7. The van der Waals surface area contributed by atoms with Gasteiger partial charge in [-0.25, -0.2) is 0 Å². The SMILES string of the molecule is O=P1(c2ccccc2)CN(c2ccccc2)C=C1c1ccc(-c2ccccc2)cc1. The number of para-hydroxylation sites is 1. The molecule has 0 fully saturated rings. The summed E-state index contributed by atoms with van der Waals surface area (Å²) in [6.07, 6.45) is 2.55. The van der Waals surface area contributed by atoms with Crippen molar-refractivity contribution < 1.29 is 4.57 Å². The van der Waals surface area contributed by atoms with Crippen molar-refractivity contribution in [2.45, 2.75) is 0 Å². The molecule has 1 heterocycles. The van der Waals surface area contributed by atoms with E-state index in [-0.39, 0.29) is 0 Å². The highest BCUT2D eigenvalue weighted by Gasteiger charge is 2.38. The molecule has 0 saturated carbocycles. The van der Waals surface area contributed by atoms with Gasteiger partial charge in [0.15, 0.2) is 7.14 Å². The molecular weight excluding hydrogens is 385 g/mol. The Kier molecular flexibility index (Phi) is 4.86. The lowest BCUT2D eigenvalue weighted by Crippen LogP contribution is -2.15. The average Bonchev–Trinajstić information content (AvgIpc) is 3.20. The molecular formula is C27H22NOP. The van der Waals surface area contributed by atoms with Crippen molar-refractivity contribution in [2.24, 2.45) is 0 Å². The average molecular weight is 407 g/mol. The fourth-order valence-electron chi connectivity index (χ4n) is 3.98. The molecule has 0 spiro atoms. The third-order valence-corrected chi connectivity index (χ3v) is 8.55. The van der Waals surface area contributed by atoms with E-state index in [1.54, 1.807) is 0 Å². The van der Waals surface area contributed by atoms with E-state index in [1.807, 2.05) is 66.7 Å². The van der Waals surface area contributed by atoms with Crippen LogP contribution in [0.2, 0.25) is 0 Å². The second-order valence-corrected chi connectivity index (χ2v) is 10.2. The standard InChI is InChI=1S/C27H22NOP/c29-30(26-14-8-3-9-15-26)21-28(25-12-6-2-7-13-25)20-27(30)24-18-16-23(17-19-24)22-10-4-1-5-11-22/h1-20H,21H2. The van der Waals surface area contributed by atoms with Crippen LogP contribution >= 0.6 is 7.14 Å². The molecule has 5 rings (SSSR count). The van der Waals surface area contributed by atoms with E-state index in [4.69, 9.17) is 0 Å². The highest BCUT2D eigenvalue weighted by Crippen LogP contribution is 2.62. The van der Waals surface area contributed by atoms with Crippen molar-refractivity contribution in [1.82, 2.24) is 0 Å². The Labute approximate surface area is 177 Å². The molecule has 2 nitrogen and oxygen atoms in total. The highest BCUT2D eigenvalue weighted by atomic mass is 31.2. The second kappa shape index (κ2) is 7.82. The van der Waals surface area contributed by atoms with Crippen molar-refractivity contribution in [3.63, 3.8) is 0 Å². The van der Waals surface area contributed by atoms with Gasteiger partial charge in [0.2, 0.25) is 0 Å². The largest absolute Gasteiger partial charge is 0.339 e. The van der Waals surface area contributed by atoms with Gasteiger partial charge in [-0.05, 0) is 28.8 Å². The van der Waals surface area contributed by atoms with Gasteiger partial charge < -0.3 is 9.46 Å². The minimum Gasteiger partial charge on any atom is -0.339 e. The Morgan fingerprint density at radius 2 is 1.07 bits per heavy atom. The summed E-state index contributed by atoms with van der Waals surface area (Å²) >= 11 is 0. The molecule has 0 bridgehead atoms. The summed E-state index contributed by atoms with van der Waals surface area (Å²) in [5.41, 5.74) is 4.42. The van der Waals surface area contributed by atoms with Gasteiger partial charge in [-0.3, -0.25) is 0 Å². The highest BCUT2D eigenvalue weighted by molar-refractivity contribution is 7.81. The molecule has 0 radical (unpaired) electrons. The summed E-state index contributed by atoms with van der Waals surface area (Å²) in [6, 6.07) is 38.8. The van der Waals surface area contributed by atoms with E-state index < -0.39 is 7.14 Å². The molecule has 4 aromatic carbocycles. The molecule has 3 heteroatoms. The number of hydrogen-bond acceptors (Lipinski definition) is 2. The number of nitrogens with zero attached hydrogens (tertiary/aromatic N) is 1. The fraction of sp³-hybridized carbons (Fsp3) is 0.0370. The first-order valence-corrected chi connectivity index (χ1v) is 12.0. The van der Waals surface area contributed by atoms with Crippen LogP contribution in [0, 0.1) is 0 Å². The number of hydrogen-bond donors (Lipinski definition) is 0. The molecule has 0 amide bonds. The van der Waals surface area contributed by atoms with Crippen LogP contribution in [0.5, 0.6) is 0 Å². The Morgan fingerprint density at radius 1 is 0.567 bits per heavy atom. The lowest BCUT2D eigenvalue weighted by Gasteiger charge is -2.20. The zero-order chi connectivity index (χ0) is 20.4. The Bertz CT molecular complexity index is 1220. The molecule has 1 unspecified atom stereocenters. The summed E-state index contributed by atoms with van der Waals surface area (Å²) in [6.45, 7) is 0. The van der Waals surface area contributed by atoms with E-state index in [1.165, 1.54) is 5.56 Å². The van der Waals surface area contributed by atoms with Crippen LogP contribution in [-0.2, 0) is 4.57 Å². The quantitative estimate of drug-likeness (QED) is 0.346. The number of benzene rings is 4. The molecule has 0 saturated heterocycles. The molecule has 1 aliphatic rings. The zero-order valence-electron chi connectivity index (χ0n) is 16.6. The molecule has 4 aromatic rings. The summed E-state index contributed by atoms with van der Waals surface area (Å²) in [4.78, 5) is 2.12. The van der Waals surface area contributed by atoms with E-state index in [9.17, 15) is 4.57 Å². The van der Waals surface area contributed by atoms with Gasteiger partial charge in [0.25, 0.3) is 0 Å². The summed E-state index contributed by atoms with van der Waals surface area (Å²) < 4.78 is 14.4. The third kappa shape index (κ3) is 3.40. The number of rotatable bonds is 4. The zero-order valence-corrected chi connectivity index (χ0v) is 17.5. The maximum Gasteiger partial charge on any atom is 0.163 e. The Balaban J connectivity index is 1.58. The number of anilines is 1. The van der Waals surface area contributed by atoms with Gasteiger partial charge in [0.05, 0.1) is 6.29 Å². The molecule has 0 aromatic heterocycles. The first-order valence-electron chi connectivity index (χ1n) is 10.1. The second-order valence-electron chi connectivity index (χ2n) is 7.48. The van der Waals surface area contributed by atoms with Gasteiger partial charge in [-0.1, -0.05) is 103 Å². The lowest BCUT2D eigenvalue weighted by molar-refractivity contribution is 0.588. The Hall–Kier alpha value is -3.35. The summed E-state index contributed by atoms with van der Waals surface area (Å²) in [5.74, 6) is 0. The van der Waals surface area contributed by atoms with Crippen LogP contribution in [0.25, 0.3) is 16.4 Å². The lowest BCUT2D eigenvalue weighted by atomic mass is 10.0. The minimum atomic E-state index is -2.78. The predicted molar refractivity (Wildman–Crippen MR) is 127 cm³/mol. The minimum absolute atomic E-state index is 0.483. The van der Waals surface area contributed by atoms with Crippen molar-refractivity contribution in [3.8, 4) is 11.1 Å². The van der Waals surface area contributed by atoms with Crippen molar-refractivity contribution >= 4 is 23.4 Å². The smallest absolute Gasteiger partial charge is 0.163 e. The topological polar surface area (TPSA) is 20.3 Å². The van der Waals surface area contributed by atoms with Crippen LogP contribution in [0.15, 0.2) is 121 Å². The molecule has 0 N–H and O–H groups in total. The van der Waals surface area contributed by atoms with Crippen LogP contribution in [0.1, 0.15) is 5.56 Å². The van der Waals surface area contributed by atoms with Gasteiger partial charge >= 0.3 is 0 Å². The van der Waals surface area contributed by atoms with E-state index >= 15 is 0 Å². The normalized spacial score (nSPS) is 18.3. The molecule has 30 heavy (non-hydrogen) atoms. The van der Waals surface area contributed by atoms with Crippen molar-refractivity contribution in [2.75, 3.05) is 11.2 Å². The van der Waals surface area contributed by atoms with Crippen LogP contribution in [0.4, 0.5) is 5.69 Å². The van der Waals surface area contributed by atoms with Gasteiger partial charge in [-0.15, -0.1) is 0 Å². The molecule has 0 aliphatic carbocycles.